The highest BCUT2D eigenvalue weighted by Gasteiger charge is 2.17. The largest absolute Gasteiger partial charge is 0.507 e. The number of esters is 1. The molecule has 0 radical (unpaired) electrons. The third-order valence-electron chi connectivity index (χ3n) is 3.78. The van der Waals surface area contributed by atoms with E-state index in [-0.39, 0.29) is 28.6 Å². The van der Waals surface area contributed by atoms with Gasteiger partial charge in [-0.3, -0.25) is 4.79 Å². The number of nitrogens with one attached hydrogen (secondary N) is 2. The van der Waals surface area contributed by atoms with Crippen molar-refractivity contribution in [1.29, 1.82) is 5.26 Å². The molecule has 0 unspecified atom stereocenters. The summed E-state index contributed by atoms with van der Waals surface area (Å²) in [7, 11) is -3.66. The molecule has 3 rings (SSSR count). The smallest absolute Gasteiger partial charge is 0.307 e. The molecule has 0 amide bonds. The fourth-order valence-corrected chi connectivity index (χ4v) is 4.46. The lowest BCUT2D eigenvalue weighted by molar-refractivity contribution is -0.143. The van der Waals surface area contributed by atoms with Gasteiger partial charge in [-0.1, -0.05) is 18.2 Å². The summed E-state index contributed by atoms with van der Waals surface area (Å²) >= 11 is 1.06. The minimum atomic E-state index is -3.66. The van der Waals surface area contributed by atoms with Gasteiger partial charge in [-0.2, -0.15) is 5.26 Å². The number of ether oxygens (including phenoxy) is 1. The van der Waals surface area contributed by atoms with Crippen LogP contribution in [0.1, 0.15) is 12.2 Å². The van der Waals surface area contributed by atoms with Crippen molar-refractivity contribution in [2.45, 2.75) is 10.6 Å². The van der Waals surface area contributed by atoms with Crippen LogP contribution in [0.5, 0.6) is 0 Å². The number of aliphatic hydroxyl groups is 1. The summed E-state index contributed by atoms with van der Waals surface area (Å²) in [4.78, 5) is 18.9. The zero-order chi connectivity index (χ0) is 20.9. The van der Waals surface area contributed by atoms with Crippen LogP contribution >= 0.6 is 11.3 Å². The molecule has 0 spiro atoms. The van der Waals surface area contributed by atoms with Crippen molar-refractivity contribution in [1.82, 2.24) is 14.7 Å². The lowest BCUT2D eigenvalue weighted by atomic mass is 10.2. The molecule has 9 nitrogen and oxygen atoms in total. The fraction of sp³-hybridized carbons (Fsp3) is 0.167. The zero-order valence-corrected chi connectivity index (χ0v) is 16.6. The Hall–Kier alpha value is -3.20. The Morgan fingerprint density at radius 1 is 1.31 bits per heavy atom. The summed E-state index contributed by atoms with van der Waals surface area (Å²) < 4.78 is 31.3. The van der Waals surface area contributed by atoms with E-state index in [1.807, 2.05) is 6.07 Å². The number of thiophene rings is 1. The minimum absolute atomic E-state index is 0.146. The molecule has 3 N–H and O–H groups in total. The van der Waals surface area contributed by atoms with Crippen LogP contribution in [0.3, 0.4) is 0 Å². The van der Waals surface area contributed by atoms with E-state index in [0.29, 0.717) is 11.0 Å². The molecular weight excluding hydrogens is 416 g/mol. The van der Waals surface area contributed by atoms with Crippen molar-refractivity contribution in [2.75, 3.05) is 13.2 Å². The number of carbonyl (C=O) groups is 1. The summed E-state index contributed by atoms with van der Waals surface area (Å²) in [5, 5.41) is 21.1. The highest BCUT2D eigenvalue weighted by Crippen LogP contribution is 2.19. The number of benzene rings is 1. The van der Waals surface area contributed by atoms with Crippen LogP contribution in [0, 0.1) is 11.3 Å². The number of hydrogen-bond acceptors (Lipinski definition) is 8. The minimum Gasteiger partial charge on any atom is -0.507 e. The van der Waals surface area contributed by atoms with E-state index in [0.717, 1.165) is 11.3 Å². The number of nitrogens with zero attached hydrogens (tertiary/aromatic N) is 2. The topological polar surface area (TPSA) is 145 Å². The van der Waals surface area contributed by atoms with Gasteiger partial charge in [0, 0.05) is 6.54 Å². The third kappa shape index (κ3) is 5.00. The van der Waals surface area contributed by atoms with Gasteiger partial charge < -0.3 is 14.8 Å². The number of H-pyrrole nitrogens is 1. The zero-order valence-electron chi connectivity index (χ0n) is 15.0. The summed E-state index contributed by atoms with van der Waals surface area (Å²) in [6.07, 6.45) is -0.232. The quantitative estimate of drug-likeness (QED) is 0.281. The summed E-state index contributed by atoms with van der Waals surface area (Å²) in [5.41, 5.74) is 1.17. The first-order valence-corrected chi connectivity index (χ1v) is 10.7. The average Bonchev–Trinajstić information content (AvgIpc) is 3.37. The lowest BCUT2D eigenvalue weighted by Gasteiger charge is -2.07. The number of aliphatic hydroxyl groups excluding tert-OH is 1. The molecule has 2 aromatic heterocycles. The maximum atomic E-state index is 12.0. The van der Waals surface area contributed by atoms with Crippen LogP contribution in [0.15, 0.2) is 51.7 Å². The number of aromatic nitrogens is 2. The number of sulfonamides is 1. The first kappa shape index (κ1) is 20.5. The standard InChI is InChI=1S/C18H16N4O5S2/c19-10-12(18-21-13-4-1-2-5-14(13)22-18)15(23)11-27-16(24)7-8-20-29(25,26)17-6-3-9-28-17/h1-6,9,20,23H,7-8,11H2,(H,21,22)/b15-12-. The molecule has 0 atom stereocenters. The number of nitriles is 1. The number of hydrogen-bond donors (Lipinski definition) is 3. The predicted molar refractivity (Wildman–Crippen MR) is 106 cm³/mol. The van der Waals surface area contributed by atoms with Gasteiger partial charge in [0.2, 0.25) is 10.0 Å². The molecule has 0 aliphatic heterocycles. The van der Waals surface area contributed by atoms with Gasteiger partial charge >= 0.3 is 5.97 Å². The van der Waals surface area contributed by atoms with Crippen LogP contribution in [-0.4, -0.2) is 42.6 Å². The second kappa shape index (κ2) is 8.87. The molecule has 1 aromatic carbocycles. The molecule has 3 aromatic rings. The normalized spacial score (nSPS) is 12.4. The van der Waals surface area contributed by atoms with Crippen LogP contribution in [0.2, 0.25) is 0 Å². The lowest BCUT2D eigenvalue weighted by Crippen LogP contribution is -2.26. The molecule has 150 valence electrons. The maximum absolute atomic E-state index is 12.0. The number of imidazole rings is 1. The van der Waals surface area contributed by atoms with Crippen molar-refractivity contribution in [2.24, 2.45) is 0 Å². The third-order valence-corrected chi connectivity index (χ3v) is 6.64. The number of rotatable bonds is 8. The molecule has 29 heavy (non-hydrogen) atoms. The molecule has 0 aliphatic carbocycles. The van der Waals surface area contributed by atoms with Gasteiger partial charge in [-0.05, 0) is 23.6 Å². The van der Waals surface area contributed by atoms with Crippen molar-refractivity contribution in [3.63, 3.8) is 0 Å². The maximum Gasteiger partial charge on any atom is 0.307 e. The van der Waals surface area contributed by atoms with Gasteiger partial charge in [0.25, 0.3) is 0 Å². The second-order valence-corrected chi connectivity index (χ2v) is 8.72. The van der Waals surface area contributed by atoms with E-state index in [2.05, 4.69) is 14.7 Å². The van der Waals surface area contributed by atoms with Crippen molar-refractivity contribution in [3.05, 3.63) is 53.4 Å². The Bertz CT molecular complexity index is 1160. The summed E-state index contributed by atoms with van der Waals surface area (Å²) in [6.45, 7) is -0.686. The molecular formula is C18H16N4O5S2. The Labute approximate surface area is 170 Å². The SMILES string of the molecule is N#C/C(=C(/O)COC(=O)CCNS(=O)(=O)c1cccs1)c1nc2ccccc2[nH]1. The van der Waals surface area contributed by atoms with E-state index in [1.165, 1.54) is 6.07 Å². The molecule has 11 heteroatoms. The molecule has 0 aliphatic rings. The molecule has 0 saturated heterocycles. The van der Waals surface area contributed by atoms with E-state index >= 15 is 0 Å². The van der Waals surface area contributed by atoms with Gasteiger partial charge in [0.1, 0.15) is 22.5 Å². The summed E-state index contributed by atoms with van der Waals surface area (Å²) in [5.74, 6) is -1.03. The average molecular weight is 432 g/mol. The summed E-state index contributed by atoms with van der Waals surface area (Å²) in [6, 6.07) is 12.0. The second-order valence-electron chi connectivity index (χ2n) is 5.78. The number of carbonyl (C=O) groups excluding carboxylic acids is 1. The highest BCUT2D eigenvalue weighted by molar-refractivity contribution is 7.91. The predicted octanol–water partition coefficient (Wildman–Crippen LogP) is 2.33. The number of allylic oxidation sites excluding steroid dienone is 1. The molecule has 2 heterocycles. The van der Waals surface area contributed by atoms with Crippen molar-refractivity contribution >= 4 is 43.9 Å². The van der Waals surface area contributed by atoms with Gasteiger partial charge in [-0.15, -0.1) is 11.3 Å². The Kier molecular flexibility index (Phi) is 6.28. The van der Waals surface area contributed by atoms with E-state index in [4.69, 9.17) is 4.74 Å². The monoisotopic (exact) mass is 432 g/mol. The van der Waals surface area contributed by atoms with Crippen molar-refractivity contribution < 1.29 is 23.1 Å². The van der Waals surface area contributed by atoms with Crippen LogP contribution in [-0.2, 0) is 19.6 Å². The van der Waals surface area contributed by atoms with Crippen molar-refractivity contribution in [3.8, 4) is 6.07 Å². The first-order valence-electron chi connectivity index (χ1n) is 8.37. The van der Waals surface area contributed by atoms with Gasteiger partial charge in [0.15, 0.2) is 11.6 Å². The Morgan fingerprint density at radius 3 is 2.79 bits per heavy atom. The number of para-hydroxylation sites is 2. The number of fused-ring (bicyclic) bond motifs is 1. The van der Waals surface area contributed by atoms with E-state index < -0.39 is 28.4 Å². The van der Waals surface area contributed by atoms with Crippen LogP contribution in [0.4, 0.5) is 0 Å². The van der Waals surface area contributed by atoms with Crippen LogP contribution < -0.4 is 4.72 Å². The molecule has 0 bridgehead atoms. The number of aromatic amines is 1. The highest BCUT2D eigenvalue weighted by atomic mass is 32.2. The first-order chi connectivity index (χ1) is 13.9. The van der Waals surface area contributed by atoms with E-state index in [1.54, 1.807) is 35.7 Å². The molecule has 0 saturated carbocycles. The van der Waals surface area contributed by atoms with E-state index in [9.17, 15) is 23.6 Å². The molecule has 0 fully saturated rings. The Balaban J connectivity index is 1.56. The van der Waals surface area contributed by atoms with Crippen LogP contribution in [0.25, 0.3) is 16.6 Å². The van der Waals surface area contributed by atoms with Gasteiger partial charge in [-0.25, -0.2) is 18.1 Å². The fourth-order valence-electron chi connectivity index (χ4n) is 2.39. The van der Waals surface area contributed by atoms with Gasteiger partial charge in [0.05, 0.1) is 17.5 Å². The Morgan fingerprint density at radius 2 is 2.10 bits per heavy atom.